The van der Waals surface area contributed by atoms with E-state index in [1.807, 2.05) is 31.2 Å². The SMILES string of the molecule is CCOc1ccccc1-c1nc(-c2ccc(-c3ccc(C)cc3)cc2)co1. The topological polar surface area (TPSA) is 35.3 Å². The monoisotopic (exact) mass is 355 g/mol. The van der Waals surface area contributed by atoms with Gasteiger partial charge >= 0.3 is 0 Å². The van der Waals surface area contributed by atoms with Crippen LogP contribution in [0, 0.1) is 6.92 Å². The molecular weight excluding hydrogens is 334 g/mol. The van der Waals surface area contributed by atoms with Crippen molar-refractivity contribution in [2.75, 3.05) is 6.61 Å². The van der Waals surface area contributed by atoms with E-state index in [1.165, 1.54) is 16.7 Å². The minimum absolute atomic E-state index is 0.566. The normalized spacial score (nSPS) is 10.7. The highest BCUT2D eigenvalue weighted by Crippen LogP contribution is 2.32. The van der Waals surface area contributed by atoms with Gasteiger partial charge in [0, 0.05) is 5.56 Å². The van der Waals surface area contributed by atoms with E-state index in [2.05, 4.69) is 60.4 Å². The van der Waals surface area contributed by atoms with Crippen LogP contribution in [0.4, 0.5) is 0 Å². The van der Waals surface area contributed by atoms with Crippen LogP contribution in [0.3, 0.4) is 0 Å². The van der Waals surface area contributed by atoms with Crippen LogP contribution in [0.1, 0.15) is 12.5 Å². The molecule has 0 aliphatic rings. The molecule has 0 fully saturated rings. The van der Waals surface area contributed by atoms with E-state index in [0.29, 0.717) is 12.5 Å². The minimum atomic E-state index is 0.566. The first-order valence-electron chi connectivity index (χ1n) is 9.10. The molecule has 0 bridgehead atoms. The van der Waals surface area contributed by atoms with Gasteiger partial charge in [0.1, 0.15) is 17.7 Å². The largest absolute Gasteiger partial charge is 0.493 e. The Morgan fingerprint density at radius 2 is 1.44 bits per heavy atom. The van der Waals surface area contributed by atoms with Crippen molar-refractivity contribution in [2.45, 2.75) is 13.8 Å². The van der Waals surface area contributed by atoms with E-state index < -0.39 is 0 Å². The predicted octanol–water partition coefficient (Wildman–Crippen LogP) is 6.38. The molecule has 0 N–H and O–H groups in total. The van der Waals surface area contributed by atoms with Gasteiger partial charge in [-0.05, 0) is 37.1 Å². The molecule has 0 amide bonds. The summed E-state index contributed by atoms with van der Waals surface area (Å²) in [5.74, 6) is 1.35. The minimum Gasteiger partial charge on any atom is -0.493 e. The van der Waals surface area contributed by atoms with E-state index in [-0.39, 0.29) is 0 Å². The quantitative estimate of drug-likeness (QED) is 0.416. The lowest BCUT2D eigenvalue weighted by Crippen LogP contribution is -1.93. The van der Waals surface area contributed by atoms with Crippen LogP contribution in [0.2, 0.25) is 0 Å². The van der Waals surface area contributed by atoms with Crippen LogP contribution in [-0.2, 0) is 0 Å². The average Bonchev–Trinajstić information content (AvgIpc) is 3.19. The summed E-state index contributed by atoms with van der Waals surface area (Å²) < 4.78 is 11.4. The van der Waals surface area contributed by atoms with E-state index in [4.69, 9.17) is 9.15 Å². The second-order valence-corrected chi connectivity index (χ2v) is 6.41. The van der Waals surface area contributed by atoms with Crippen LogP contribution >= 0.6 is 0 Å². The third-order valence-corrected chi connectivity index (χ3v) is 4.49. The Labute approximate surface area is 159 Å². The first kappa shape index (κ1) is 17.1. The van der Waals surface area contributed by atoms with Gasteiger partial charge < -0.3 is 9.15 Å². The van der Waals surface area contributed by atoms with E-state index in [1.54, 1.807) is 6.26 Å². The summed E-state index contributed by atoms with van der Waals surface area (Å²) in [5, 5.41) is 0. The summed E-state index contributed by atoms with van der Waals surface area (Å²) in [4.78, 5) is 4.66. The van der Waals surface area contributed by atoms with Gasteiger partial charge in [-0.1, -0.05) is 66.2 Å². The molecular formula is C24H21NO2. The zero-order valence-corrected chi connectivity index (χ0v) is 15.5. The number of aryl methyl sites for hydroxylation is 1. The van der Waals surface area contributed by atoms with Crippen molar-refractivity contribution in [3.05, 3.63) is 84.6 Å². The Morgan fingerprint density at radius 3 is 2.15 bits per heavy atom. The van der Waals surface area contributed by atoms with E-state index in [0.717, 1.165) is 22.6 Å². The van der Waals surface area contributed by atoms with Crippen molar-refractivity contribution in [3.8, 4) is 39.6 Å². The Balaban J connectivity index is 1.61. The molecule has 0 saturated carbocycles. The van der Waals surface area contributed by atoms with Crippen molar-refractivity contribution in [2.24, 2.45) is 0 Å². The summed E-state index contributed by atoms with van der Waals surface area (Å²) >= 11 is 0. The first-order chi connectivity index (χ1) is 13.2. The van der Waals surface area contributed by atoms with Crippen molar-refractivity contribution in [3.63, 3.8) is 0 Å². The fourth-order valence-electron chi connectivity index (χ4n) is 3.03. The third-order valence-electron chi connectivity index (χ3n) is 4.49. The molecule has 1 heterocycles. The summed E-state index contributed by atoms with van der Waals surface area (Å²) in [6, 6.07) is 24.7. The molecule has 0 aliphatic heterocycles. The predicted molar refractivity (Wildman–Crippen MR) is 109 cm³/mol. The molecule has 0 spiro atoms. The highest BCUT2D eigenvalue weighted by atomic mass is 16.5. The molecule has 0 radical (unpaired) electrons. The fourth-order valence-corrected chi connectivity index (χ4v) is 3.03. The molecule has 4 rings (SSSR count). The second kappa shape index (κ2) is 7.50. The summed E-state index contributed by atoms with van der Waals surface area (Å²) in [6.45, 7) is 4.66. The smallest absolute Gasteiger partial charge is 0.230 e. The van der Waals surface area contributed by atoms with Gasteiger partial charge in [-0.2, -0.15) is 0 Å². The fraction of sp³-hybridized carbons (Fsp3) is 0.125. The molecule has 3 aromatic carbocycles. The molecule has 0 atom stereocenters. The van der Waals surface area contributed by atoms with Crippen LogP contribution in [0.25, 0.3) is 33.8 Å². The van der Waals surface area contributed by atoms with Gasteiger partial charge in [0.05, 0.1) is 12.2 Å². The van der Waals surface area contributed by atoms with Crippen LogP contribution < -0.4 is 4.74 Å². The van der Waals surface area contributed by atoms with Crippen molar-refractivity contribution >= 4 is 0 Å². The molecule has 3 heteroatoms. The number of benzene rings is 3. The molecule has 0 aliphatic carbocycles. The summed E-state index contributed by atoms with van der Waals surface area (Å²) in [7, 11) is 0. The van der Waals surface area contributed by atoms with Crippen LogP contribution in [0.5, 0.6) is 5.75 Å². The van der Waals surface area contributed by atoms with Gasteiger partial charge in [0.2, 0.25) is 5.89 Å². The Morgan fingerprint density at radius 1 is 0.815 bits per heavy atom. The highest BCUT2D eigenvalue weighted by molar-refractivity contribution is 5.70. The lowest BCUT2D eigenvalue weighted by molar-refractivity contribution is 0.340. The lowest BCUT2D eigenvalue weighted by Gasteiger charge is -2.06. The zero-order chi connectivity index (χ0) is 18.6. The van der Waals surface area contributed by atoms with E-state index >= 15 is 0 Å². The van der Waals surface area contributed by atoms with Gasteiger partial charge in [0.15, 0.2) is 0 Å². The average molecular weight is 355 g/mol. The molecule has 134 valence electrons. The molecule has 0 unspecified atom stereocenters. The molecule has 0 saturated heterocycles. The number of nitrogens with zero attached hydrogens (tertiary/aromatic N) is 1. The number of hydrogen-bond acceptors (Lipinski definition) is 3. The second-order valence-electron chi connectivity index (χ2n) is 6.41. The number of rotatable bonds is 5. The number of ether oxygens (including phenoxy) is 1. The number of para-hydroxylation sites is 1. The molecule has 4 aromatic rings. The zero-order valence-electron chi connectivity index (χ0n) is 15.5. The summed E-state index contributed by atoms with van der Waals surface area (Å²) in [5.41, 5.74) is 6.35. The number of aromatic nitrogens is 1. The van der Waals surface area contributed by atoms with Crippen LogP contribution in [-0.4, -0.2) is 11.6 Å². The maximum Gasteiger partial charge on any atom is 0.230 e. The van der Waals surface area contributed by atoms with Gasteiger partial charge in [-0.3, -0.25) is 0 Å². The van der Waals surface area contributed by atoms with Crippen molar-refractivity contribution < 1.29 is 9.15 Å². The number of oxazole rings is 1. The molecule has 1 aromatic heterocycles. The molecule has 27 heavy (non-hydrogen) atoms. The Bertz CT molecular complexity index is 1030. The standard InChI is InChI=1S/C24H21NO2/c1-3-26-23-7-5-4-6-21(23)24-25-22(16-27-24)20-14-12-19(13-15-20)18-10-8-17(2)9-11-18/h4-16H,3H2,1-2H3. The summed E-state index contributed by atoms with van der Waals surface area (Å²) in [6.07, 6.45) is 1.69. The Kier molecular flexibility index (Phi) is 4.75. The maximum atomic E-state index is 5.73. The van der Waals surface area contributed by atoms with Crippen molar-refractivity contribution in [1.29, 1.82) is 0 Å². The molecule has 3 nitrogen and oxygen atoms in total. The highest BCUT2D eigenvalue weighted by Gasteiger charge is 2.13. The van der Waals surface area contributed by atoms with Crippen molar-refractivity contribution in [1.82, 2.24) is 4.98 Å². The first-order valence-corrected chi connectivity index (χ1v) is 9.10. The van der Waals surface area contributed by atoms with Gasteiger partial charge in [-0.15, -0.1) is 0 Å². The Hall–Kier alpha value is -3.33. The van der Waals surface area contributed by atoms with E-state index in [9.17, 15) is 0 Å². The van der Waals surface area contributed by atoms with Gasteiger partial charge in [0.25, 0.3) is 0 Å². The van der Waals surface area contributed by atoms with Crippen LogP contribution in [0.15, 0.2) is 83.5 Å². The van der Waals surface area contributed by atoms with Gasteiger partial charge in [-0.25, -0.2) is 4.98 Å². The lowest BCUT2D eigenvalue weighted by atomic mass is 10.0. The third kappa shape index (κ3) is 3.63. The maximum absolute atomic E-state index is 5.73. The number of hydrogen-bond donors (Lipinski definition) is 0.